The van der Waals surface area contributed by atoms with Crippen molar-refractivity contribution >= 4 is 85.7 Å². The predicted molar refractivity (Wildman–Crippen MR) is 181 cm³/mol. The molecular weight excluding hydrogens is 813 g/mol. The van der Waals surface area contributed by atoms with Gasteiger partial charge in [-0.1, -0.05) is 4.57 Å². The number of rotatable bonds is 7. The lowest BCUT2D eigenvalue weighted by atomic mass is 10.2. The van der Waals surface area contributed by atoms with E-state index in [1.165, 1.54) is 0 Å². The van der Waals surface area contributed by atoms with Crippen LogP contribution in [-0.2, 0) is 9.13 Å². The third kappa shape index (κ3) is 11.8. The van der Waals surface area contributed by atoms with E-state index in [-0.39, 0.29) is 13.2 Å². The highest BCUT2D eigenvalue weighted by atomic mass is 127. The zero-order valence-corrected chi connectivity index (χ0v) is 31.3. The Morgan fingerprint density at radius 3 is 1.71 bits per heavy atom. The largest absolute Gasteiger partial charge is 0.489 e. The molecule has 226 valence electrons. The minimum absolute atomic E-state index is 0.180. The number of hydrogen-bond acceptors (Lipinski definition) is 8. The Bertz CT molecular complexity index is 1550. The number of halogens is 3. The lowest BCUT2D eigenvalue weighted by Crippen LogP contribution is -2.27. The number of pyridine rings is 2. The molecule has 0 atom stereocenters. The molecule has 0 bridgehead atoms. The van der Waals surface area contributed by atoms with Crippen LogP contribution in [0, 0.1) is 3.57 Å². The van der Waals surface area contributed by atoms with Crippen molar-refractivity contribution in [2.45, 2.75) is 38.9 Å². The van der Waals surface area contributed by atoms with Crippen molar-refractivity contribution in [1.29, 1.82) is 0 Å². The highest BCUT2D eigenvalue weighted by molar-refractivity contribution is 14.1. The molecule has 4 rings (SSSR count). The van der Waals surface area contributed by atoms with E-state index in [1.807, 2.05) is 6.07 Å². The second-order valence-electron chi connectivity index (χ2n) is 11.0. The van der Waals surface area contributed by atoms with Crippen LogP contribution in [0.15, 0.2) is 45.9 Å². The number of fused-ring (bicyclic) bond motifs is 2. The normalized spacial score (nSPS) is 11.9. The molecule has 2 N–H and O–H groups in total. The van der Waals surface area contributed by atoms with Crippen LogP contribution in [0.4, 0.5) is 0 Å². The molecule has 0 fully saturated rings. The summed E-state index contributed by atoms with van der Waals surface area (Å²) in [6, 6.07) is 3.67. The van der Waals surface area contributed by atoms with Gasteiger partial charge in [-0.2, -0.15) is 10.2 Å². The molecule has 0 saturated carbocycles. The van der Waals surface area contributed by atoms with Gasteiger partial charge in [-0.25, -0.2) is 9.03 Å². The van der Waals surface area contributed by atoms with Crippen LogP contribution in [0.25, 0.3) is 11.0 Å². The summed E-state index contributed by atoms with van der Waals surface area (Å²) >= 11 is 9.19. The maximum atomic E-state index is 12.2. The van der Waals surface area contributed by atoms with E-state index in [9.17, 15) is 19.3 Å². The van der Waals surface area contributed by atoms with Gasteiger partial charge in [-0.3, -0.25) is 0 Å². The van der Waals surface area contributed by atoms with Gasteiger partial charge in [0.15, 0.2) is 0 Å². The van der Waals surface area contributed by atoms with E-state index in [1.54, 1.807) is 94.2 Å². The first-order valence-electron chi connectivity index (χ1n) is 12.3. The quantitative estimate of drug-likeness (QED) is 0.161. The van der Waals surface area contributed by atoms with Gasteiger partial charge >= 0.3 is 7.80 Å². The van der Waals surface area contributed by atoms with Gasteiger partial charge in [0, 0.05) is 8.95 Å². The molecule has 4 aromatic heterocycles. The van der Waals surface area contributed by atoms with Crippen molar-refractivity contribution in [3.63, 3.8) is 0 Å². The molecule has 15 heteroatoms. The Labute approximate surface area is 271 Å². The number of ether oxygens (including phenoxy) is 2. The first-order chi connectivity index (χ1) is 18.7. The topological polar surface area (TPSA) is 128 Å². The molecule has 0 spiro atoms. The summed E-state index contributed by atoms with van der Waals surface area (Å²) in [4.78, 5) is 0. The molecule has 0 aromatic carbocycles. The zero-order chi connectivity index (χ0) is 31.3. The highest BCUT2D eigenvalue weighted by Gasteiger charge is 2.21. The van der Waals surface area contributed by atoms with Crippen LogP contribution in [0.3, 0.4) is 0 Å². The zero-order valence-electron chi connectivity index (χ0n) is 24.2. The second kappa shape index (κ2) is 14.6. The van der Waals surface area contributed by atoms with Gasteiger partial charge in [0.1, 0.15) is 45.2 Å². The molecule has 4 aromatic rings. The van der Waals surface area contributed by atoms with Crippen molar-refractivity contribution in [3.05, 3.63) is 49.4 Å². The van der Waals surface area contributed by atoms with E-state index >= 15 is 0 Å². The Morgan fingerprint density at radius 2 is 1.29 bits per heavy atom. The first-order valence-corrected chi connectivity index (χ1v) is 19.7. The van der Waals surface area contributed by atoms with Gasteiger partial charge < -0.3 is 24.3 Å². The average molecular weight is 849 g/mol. The number of hydrogen-bond donors (Lipinski definition) is 2. The standard InChI is InChI=1S/C13H18BrN2O3P.C11H12BrIN2O2.C2H6OP/c1-13(2,17)8-19-9-5-10(14)12-11(20(3,4)18)6-15-16(12)7-9;1-11(2,16)6-17-7-3-8(12)10-9(13)4-14-15(10)5-7;1-4(2)3/h5-7,17H,8H2,1-4H3;3-5,16H,6H2,1-2H3;1-2H3/q;;+1. The van der Waals surface area contributed by atoms with Crippen molar-refractivity contribution in [2.24, 2.45) is 0 Å². The Morgan fingerprint density at radius 1 is 0.902 bits per heavy atom. The second-order valence-corrected chi connectivity index (χ2v) is 18.7. The lowest BCUT2D eigenvalue weighted by Gasteiger charge is -2.18. The summed E-state index contributed by atoms with van der Waals surface area (Å²) in [5, 5.41) is 28.5. The Hall–Kier alpha value is -1.08. The SMILES string of the molecule is CC(C)(O)COc1cc(Br)c2c(I)cnn2c1.CC(C)(O)COc1cc(Br)c2c(P(C)(C)=O)cnn2c1.C[P+](C)=O. The maximum Gasteiger partial charge on any atom is 0.332 e. The molecular formula is C26H36Br2IN4O6P2+. The van der Waals surface area contributed by atoms with Crippen molar-refractivity contribution in [2.75, 3.05) is 39.9 Å². The van der Waals surface area contributed by atoms with Crippen LogP contribution in [0.2, 0.25) is 0 Å². The van der Waals surface area contributed by atoms with Crippen molar-refractivity contribution in [3.8, 4) is 11.5 Å². The summed E-state index contributed by atoms with van der Waals surface area (Å²) in [7, 11) is -3.26. The van der Waals surface area contributed by atoms with Crippen LogP contribution in [-0.4, -0.2) is 80.5 Å². The highest BCUT2D eigenvalue weighted by Crippen LogP contribution is 2.38. The van der Waals surface area contributed by atoms with Gasteiger partial charge in [-0.05, 0) is 108 Å². The molecule has 0 saturated heterocycles. The molecule has 0 unspecified atom stereocenters. The maximum absolute atomic E-state index is 12.2. The fourth-order valence-corrected chi connectivity index (χ4v) is 6.61. The smallest absolute Gasteiger partial charge is 0.332 e. The molecule has 0 aliphatic rings. The van der Waals surface area contributed by atoms with Crippen molar-refractivity contribution in [1.82, 2.24) is 19.2 Å². The van der Waals surface area contributed by atoms with E-state index < -0.39 is 26.1 Å². The van der Waals surface area contributed by atoms with E-state index in [0.717, 1.165) is 28.9 Å². The minimum Gasteiger partial charge on any atom is -0.489 e. The van der Waals surface area contributed by atoms with Crippen LogP contribution in [0.5, 0.6) is 11.5 Å². The monoisotopic (exact) mass is 847 g/mol. The fraction of sp³-hybridized carbons (Fsp3) is 0.462. The molecule has 0 aliphatic heterocycles. The van der Waals surface area contributed by atoms with Crippen molar-refractivity contribution < 1.29 is 28.8 Å². The Kier molecular flexibility index (Phi) is 12.9. The third-order valence-corrected chi connectivity index (χ3v) is 8.27. The van der Waals surface area contributed by atoms with Crippen LogP contribution < -0.4 is 14.8 Å². The molecule has 10 nitrogen and oxygen atoms in total. The summed E-state index contributed by atoms with van der Waals surface area (Å²) in [5.41, 5.74) is 0.0503. The predicted octanol–water partition coefficient (Wildman–Crippen LogP) is 6.42. The molecule has 0 radical (unpaired) electrons. The molecule has 41 heavy (non-hydrogen) atoms. The Balaban J connectivity index is 0.000000256. The van der Waals surface area contributed by atoms with E-state index in [0.29, 0.717) is 11.5 Å². The fourth-order valence-electron chi connectivity index (χ4n) is 3.12. The van der Waals surface area contributed by atoms with Gasteiger partial charge in [0.2, 0.25) is 0 Å². The van der Waals surface area contributed by atoms with Crippen LogP contribution >= 0.6 is 69.4 Å². The molecule has 0 amide bonds. The number of nitrogens with zero attached hydrogens (tertiary/aromatic N) is 4. The van der Waals surface area contributed by atoms with E-state index in [4.69, 9.17) is 9.47 Å². The van der Waals surface area contributed by atoms with Gasteiger partial charge in [0.05, 0.1) is 55.9 Å². The van der Waals surface area contributed by atoms with E-state index in [2.05, 4.69) is 64.6 Å². The van der Waals surface area contributed by atoms with Gasteiger partial charge in [-0.15, -0.1) is 0 Å². The molecule has 4 heterocycles. The average Bonchev–Trinajstić information content (AvgIpc) is 3.40. The summed E-state index contributed by atoms with van der Waals surface area (Å²) in [5.74, 6) is 1.26. The molecule has 0 aliphatic carbocycles. The van der Waals surface area contributed by atoms with Gasteiger partial charge in [0.25, 0.3) is 0 Å². The first kappa shape index (κ1) is 36.1. The number of aromatic nitrogens is 4. The summed E-state index contributed by atoms with van der Waals surface area (Å²) in [6.45, 7) is 14.0. The van der Waals surface area contributed by atoms with Crippen LogP contribution in [0.1, 0.15) is 27.7 Å². The summed E-state index contributed by atoms with van der Waals surface area (Å²) < 4.78 is 39.1. The lowest BCUT2D eigenvalue weighted by molar-refractivity contribution is 0.0280. The number of aliphatic hydroxyl groups is 2. The third-order valence-electron chi connectivity index (χ3n) is 4.78. The minimum atomic E-state index is -2.39. The summed E-state index contributed by atoms with van der Waals surface area (Å²) in [6.07, 6.45) is 6.93.